The molecular formula is C20H15Br2Cl2NO. The summed E-state index contributed by atoms with van der Waals surface area (Å²) >= 11 is 19.0. The molecule has 26 heavy (non-hydrogen) atoms. The van der Waals surface area contributed by atoms with Gasteiger partial charge in [-0.25, -0.2) is 0 Å². The van der Waals surface area contributed by atoms with Crippen LogP contribution in [-0.2, 0) is 13.2 Å². The summed E-state index contributed by atoms with van der Waals surface area (Å²) in [6.45, 7) is 1.08. The maximum Gasteiger partial charge on any atom is 0.139 e. The maximum absolute atomic E-state index is 6.08. The highest BCUT2D eigenvalue weighted by Gasteiger charge is 2.11. The fourth-order valence-electron chi connectivity index (χ4n) is 2.41. The molecule has 1 N–H and O–H groups in total. The molecule has 3 aromatic rings. The molecule has 3 rings (SSSR count). The number of hydrogen-bond acceptors (Lipinski definition) is 2. The van der Waals surface area contributed by atoms with E-state index >= 15 is 0 Å². The molecule has 0 heterocycles. The quantitative estimate of drug-likeness (QED) is 0.363. The van der Waals surface area contributed by atoms with E-state index in [1.807, 2.05) is 60.7 Å². The second-order valence-corrected chi connectivity index (χ2v) is 8.29. The predicted molar refractivity (Wildman–Crippen MR) is 116 cm³/mol. The summed E-state index contributed by atoms with van der Waals surface area (Å²) in [4.78, 5) is 0. The number of benzene rings is 3. The molecule has 0 bridgehead atoms. The molecule has 0 aromatic heterocycles. The summed E-state index contributed by atoms with van der Waals surface area (Å²) in [7, 11) is 0. The van der Waals surface area contributed by atoms with Crippen molar-refractivity contribution in [3.05, 3.63) is 90.8 Å². The van der Waals surface area contributed by atoms with Gasteiger partial charge in [0.25, 0.3) is 0 Å². The second-order valence-electron chi connectivity index (χ2n) is 5.65. The van der Waals surface area contributed by atoms with Gasteiger partial charge in [-0.05, 0) is 70.0 Å². The van der Waals surface area contributed by atoms with Crippen molar-refractivity contribution in [1.29, 1.82) is 0 Å². The average molecular weight is 516 g/mol. The molecule has 0 radical (unpaired) electrons. The monoisotopic (exact) mass is 513 g/mol. The van der Waals surface area contributed by atoms with Gasteiger partial charge in [-0.15, -0.1) is 0 Å². The molecule has 3 aromatic carbocycles. The first kappa shape index (κ1) is 19.6. The topological polar surface area (TPSA) is 21.3 Å². The number of hydrogen-bond donors (Lipinski definition) is 1. The Labute approximate surface area is 179 Å². The van der Waals surface area contributed by atoms with E-state index < -0.39 is 0 Å². The van der Waals surface area contributed by atoms with Gasteiger partial charge in [0.15, 0.2) is 0 Å². The first-order valence-electron chi connectivity index (χ1n) is 7.86. The van der Waals surface area contributed by atoms with E-state index in [2.05, 4.69) is 37.2 Å². The van der Waals surface area contributed by atoms with Gasteiger partial charge >= 0.3 is 0 Å². The zero-order valence-electron chi connectivity index (χ0n) is 13.6. The lowest BCUT2D eigenvalue weighted by Gasteiger charge is -2.15. The number of anilines is 1. The Hall–Kier alpha value is -1.20. The third-order valence-electron chi connectivity index (χ3n) is 3.71. The van der Waals surface area contributed by atoms with E-state index in [1.54, 1.807) is 0 Å². The van der Waals surface area contributed by atoms with Crippen LogP contribution in [0.1, 0.15) is 11.1 Å². The van der Waals surface area contributed by atoms with Crippen LogP contribution in [0.15, 0.2) is 69.6 Å². The van der Waals surface area contributed by atoms with Crippen LogP contribution >= 0.6 is 55.1 Å². The third-order valence-corrected chi connectivity index (χ3v) is 5.26. The van der Waals surface area contributed by atoms with Gasteiger partial charge in [-0.2, -0.15) is 0 Å². The molecule has 134 valence electrons. The van der Waals surface area contributed by atoms with Crippen molar-refractivity contribution in [2.24, 2.45) is 0 Å². The van der Waals surface area contributed by atoms with Crippen LogP contribution in [0.2, 0.25) is 10.0 Å². The minimum absolute atomic E-state index is 0.464. The van der Waals surface area contributed by atoms with Gasteiger partial charge in [-0.3, -0.25) is 0 Å². The van der Waals surface area contributed by atoms with Gasteiger partial charge in [0.05, 0.1) is 4.47 Å². The van der Waals surface area contributed by atoms with Crippen LogP contribution in [0.25, 0.3) is 0 Å². The van der Waals surface area contributed by atoms with E-state index in [-0.39, 0.29) is 0 Å². The van der Waals surface area contributed by atoms with E-state index in [4.69, 9.17) is 27.9 Å². The summed E-state index contributed by atoms with van der Waals surface area (Å²) in [5, 5.41) is 4.82. The zero-order valence-corrected chi connectivity index (χ0v) is 18.3. The summed E-state index contributed by atoms with van der Waals surface area (Å²) < 4.78 is 7.96. The normalized spacial score (nSPS) is 10.6. The SMILES string of the molecule is Clc1ccc(COc2c(Br)cc(Br)cc2CNc2ccc(Cl)cc2)cc1. The van der Waals surface area contributed by atoms with Gasteiger partial charge in [-0.1, -0.05) is 51.3 Å². The van der Waals surface area contributed by atoms with Crippen molar-refractivity contribution in [2.45, 2.75) is 13.2 Å². The molecule has 0 fully saturated rings. The molecule has 0 aliphatic heterocycles. The van der Waals surface area contributed by atoms with Crippen LogP contribution in [0.4, 0.5) is 5.69 Å². The molecule has 0 aliphatic carbocycles. The molecule has 0 saturated carbocycles. The predicted octanol–water partition coefficient (Wildman–Crippen LogP) is 7.71. The minimum atomic E-state index is 0.464. The summed E-state index contributed by atoms with van der Waals surface area (Å²) in [5.41, 5.74) is 3.09. The molecule has 0 unspecified atom stereocenters. The van der Waals surface area contributed by atoms with Crippen LogP contribution in [-0.4, -0.2) is 0 Å². The molecule has 6 heteroatoms. The van der Waals surface area contributed by atoms with Crippen LogP contribution in [0.5, 0.6) is 5.75 Å². The summed E-state index contributed by atoms with van der Waals surface area (Å²) in [6.07, 6.45) is 0. The zero-order chi connectivity index (χ0) is 18.5. The van der Waals surface area contributed by atoms with Gasteiger partial charge in [0.2, 0.25) is 0 Å². The Morgan fingerprint density at radius 2 is 1.46 bits per heavy atom. The standard InChI is InChI=1S/C20H15Br2Cl2NO/c21-15-9-14(11-25-18-7-5-17(24)6-8-18)20(19(22)10-15)26-12-13-1-3-16(23)4-2-13/h1-10,25H,11-12H2. The van der Waals surface area contributed by atoms with Crippen LogP contribution in [0, 0.1) is 0 Å². The van der Waals surface area contributed by atoms with Crippen LogP contribution in [0.3, 0.4) is 0 Å². The Morgan fingerprint density at radius 1 is 0.846 bits per heavy atom. The lowest BCUT2D eigenvalue weighted by atomic mass is 10.2. The van der Waals surface area contributed by atoms with Crippen molar-refractivity contribution < 1.29 is 4.74 Å². The average Bonchev–Trinajstić information content (AvgIpc) is 2.62. The van der Waals surface area contributed by atoms with Crippen molar-refractivity contribution >= 4 is 60.7 Å². The van der Waals surface area contributed by atoms with E-state index in [0.717, 1.165) is 31.5 Å². The maximum atomic E-state index is 6.08. The highest BCUT2D eigenvalue weighted by atomic mass is 79.9. The Bertz CT molecular complexity index is 884. The molecule has 0 spiro atoms. The number of ether oxygens (including phenoxy) is 1. The molecule has 0 saturated heterocycles. The number of halogens is 4. The van der Waals surface area contributed by atoms with Gasteiger partial charge < -0.3 is 10.1 Å². The van der Waals surface area contributed by atoms with Crippen molar-refractivity contribution in [3.63, 3.8) is 0 Å². The van der Waals surface area contributed by atoms with E-state index in [0.29, 0.717) is 23.2 Å². The third kappa shape index (κ3) is 5.40. The first-order chi connectivity index (χ1) is 12.5. The molecule has 2 nitrogen and oxygen atoms in total. The molecule has 0 aliphatic rings. The lowest BCUT2D eigenvalue weighted by Crippen LogP contribution is -2.04. The lowest BCUT2D eigenvalue weighted by molar-refractivity contribution is 0.301. The van der Waals surface area contributed by atoms with Crippen molar-refractivity contribution in [1.82, 2.24) is 0 Å². The second kappa shape index (κ2) is 9.14. The summed E-state index contributed by atoms with van der Waals surface area (Å²) in [6, 6.07) is 19.3. The van der Waals surface area contributed by atoms with Gasteiger partial charge in [0.1, 0.15) is 12.4 Å². The van der Waals surface area contributed by atoms with E-state index in [9.17, 15) is 0 Å². The first-order valence-corrected chi connectivity index (χ1v) is 10.2. The number of nitrogens with one attached hydrogen (secondary N) is 1. The molecular weight excluding hydrogens is 501 g/mol. The minimum Gasteiger partial charge on any atom is -0.487 e. The smallest absolute Gasteiger partial charge is 0.139 e. The van der Waals surface area contributed by atoms with E-state index in [1.165, 1.54) is 0 Å². The van der Waals surface area contributed by atoms with Crippen molar-refractivity contribution in [2.75, 3.05) is 5.32 Å². The summed E-state index contributed by atoms with van der Waals surface area (Å²) in [5.74, 6) is 0.810. The highest BCUT2D eigenvalue weighted by molar-refractivity contribution is 9.11. The Kier molecular flexibility index (Phi) is 6.87. The fraction of sp³-hybridized carbons (Fsp3) is 0.100. The largest absolute Gasteiger partial charge is 0.487 e. The molecule has 0 amide bonds. The molecule has 0 atom stereocenters. The van der Waals surface area contributed by atoms with Crippen LogP contribution < -0.4 is 10.1 Å². The Balaban J connectivity index is 1.75. The highest BCUT2D eigenvalue weighted by Crippen LogP contribution is 2.34. The van der Waals surface area contributed by atoms with Crippen molar-refractivity contribution in [3.8, 4) is 5.75 Å². The number of rotatable bonds is 6. The fourth-order valence-corrected chi connectivity index (χ4v) is 4.09. The Morgan fingerprint density at radius 3 is 2.12 bits per heavy atom. The van der Waals surface area contributed by atoms with Gasteiger partial charge in [0, 0.05) is 32.3 Å².